The maximum atomic E-state index is 13.3. The highest BCUT2D eigenvalue weighted by Gasteiger charge is 2.39. The van der Waals surface area contributed by atoms with Gasteiger partial charge >= 0.3 is 11.9 Å². The Morgan fingerprint density at radius 2 is 1.86 bits per heavy atom. The molecule has 1 aromatic heterocycles. The van der Waals surface area contributed by atoms with Gasteiger partial charge in [0.05, 0.1) is 12.2 Å². The number of nitrogens with zero attached hydrogens (tertiary/aromatic N) is 1. The molecule has 1 heterocycles. The van der Waals surface area contributed by atoms with E-state index in [1.165, 1.54) is 12.3 Å². The van der Waals surface area contributed by atoms with Crippen molar-refractivity contribution in [3.8, 4) is 11.1 Å². The molecule has 1 saturated carbocycles. The van der Waals surface area contributed by atoms with Crippen LogP contribution in [0.25, 0.3) is 11.1 Å². The summed E-state index contributed by atoms with van der Waals surface area (Å²) in [5.74, 6) is -1.83. The van der Waals surface area contributed by atoms with Gasteiger partial charge in [0.1, 0.15) is 6.04 Å². The summed E-state index contributed by atoms with van der Waals surface area (Å²) in [5, 5.41) is 10.4. The van der Waals surface area contributed by atoms with E-state index in [0.29, 0.717) is 22.6 Å². The summed E-state index contributed by atoms with van der Waals surface area (Å²) in [6, 6.07) is 14.4. The summed E-state index contributed by atoms with van der Waals surface area (Å²) >= 11 is 6.29. The van der Waals surface area contributed by atoms with Gasteiger partial charge in [0.15, 0.2) is 0 Å². The Morgan fingerprint density at radius 1 is 1.14 bits per heavy atom. The first-order chi connectivity index (χ1) is 16.7. The third-order valence-electron chi connectivity index (χ3n) is 6.27. The Bertz CT molecular complexity index is 1310. The molecule has 1 unspecified atom stereocenters. The molecular weight excluding hydrogens is 468 g/mol. The lowest BCUT2D eigenvalue weighted by molar-refractivity contribution is -0.141. The summed E-state index contributed by atoms with van der Waals surface area (Å²) in [4.78, 5) is 38.4. The zero-order valence-electron chi connectivity index (χ0n) is 19.4. The molecule has 4 rings (SSSR count). The van der Waals surface area contributed by atoms with Crippen molar-refractivity contribution < 1.29 is 19.4 Å². The Hall–Kier alpha value is -3.42. The number of hydrogen-bond donors (Lipinski definition) is 2. The van der Waals surface area contributed by atoms with Crippen molar-refractivity contribution in [1.82, 2.24) is 4.57 Å². The minimum absolute atomic E-state index is 0.0792. The minimum Gasteiger partial charge on any atom is -0.480 e. The second-order valence-electron chi connectivity index (χ2n) is 8.95. The summed E-state index contributed by atoms with van der Waals surface area (Å²) < 4.78 is 6.35. The van der Waals surface area contributed by atoms with E-state index in [-0.39, 0.29) is 24.1 Å². The second-order valence-corrected chi connectivity index (χ2v) is 9.39. The van der Waals surface area contributed by atoms with Crippen LogP contribution in [0.2, 0.25) is 5.02 Å². The van der Waals surface area contributed by atoms with Gasteiger partial charge in [0.25, 0.3) is 5.56 Å². The highest BCUT2D eigenvalue weighted by atomic mass is 35.5. The van der Waals surface area contributed by atoms with E-state index in [2.05, 4.69) is 0 Å². The van der Waals surface area contributed by atoms with Crippen molar-refractivity contribution in [2.24, 2.45) is 5.73 Å². The number of carbonyl (C=O) groups excluding carboxylic acids is 1. The average molecular weight is 495 g/mol. The fourth-order valence-corrected chi connectivity index (χ4v) is 4.37. The predicted molar refractivity (Wildman–Crippen MR) is 134 cm³/mol. The van der Waals surface area contributed by atoms with Crippen molar-refractivity contribution in [1.29, 1.82) is 0 Å². The molecule has 1 atom stereocenters. The monoisotopic (exact) mass is 494 g/mol. The predicted octanol–water partition coefficient (Wildman–Crippen LogP) is 4.25. The normalized spacial score (nSPS) is 14.8. The van der Waals surface area contributed by atoms with Gasteiger partial charge in [-0.05, 0) is 55.0 Å². The third-order valence-corrected chi connectivity index (χ3v) is 6.50. The maximum absolute atomic E-state index is 13.3. The lowest BCUT2D eigenvalue weighted by atomic mass is 9.92. The number of nitrogens with two attached hydrogens (primary N) is 1. The number of pyridine rings is 1. The largest absolute Gasteiger partial charge is 0.480 e. The molecule has 0 saturated heterocycles. The number of ether oxygens (including phenoxy) is 1. The zero-order valence-corrected chi connectivity index (χ0v) is 20.1. The van der Waals surface area contributed by atoms with Gasteiger partial charge < -0.3 is 15.6 Å². The van der Waals surface area contributed by atoms with Crippen molar-refractivity contribution in [2.75, 3.05) is 6.61 Å². The summed E-state index contributed by atoms with van der Waals surface area (Å²) in [5.41, 5.74) is 8.15. The molecule has 3 N–H and O–H groups in total. The highest BCUT2D eigenvalue weighted by Crippen LogP contribution is 2.39. The van der Waals surface area contributed by atoms with E-state index >= 15 is 0 Å². The molecule has 35 heavy (non-hydrogen) atoms. The van der Waals surface area contributed by atoms with E-state index in [4.69, 9.17) is 22.1 Å². The topological polar surface area (TPSA) is 112 Å². The Kier molecular flexibility index (Phi) is 7.10. The number of carbonyl (C=O) groups is 2. The van der Waals surface area contributed by atoms with Crippen molar-refractivity contribution in [2.45, 2.75) is 44.2 Å². The van der Waals surface area contributed by atoms with Gasteiger partial charge in [-0.2, -0.15) is 0 Å². The fraction of sp³-hybridized carbons (Fsp3) is 0.296. The Balaban J connectivity index is 1.86. The molecule has 2 aromatic carbocycles. The molecule has 0 spiro atoms. The molecule has 7 nitrogen and oxygen atoms in total. The van der Waals surface area contributed by atoms with Crippen LogP contribution in [0.1, 0.15) is 47.3 Å². The van der Waals surface area contributed by atoms with Crippen molar-refractivity contribution in [3.63, 3.8) is 0 Å². The SMILES string of the molecule is CCOC(=O)c1cn(C(Cc2ccccc2)C(=O)O)c(=O)cc1-c1cc(Cl)ccc1CC1(N)CC1. The zero-order chi connectivity index (χ0) is 25.2. The van der Waals surface area contributed by atoms with E-state index in [1.807, 2.05) is 12.1 Å². The smallest absolute Gasteiger partial charge is 0.340 e. The summed E-state index contributed by atoms with van der Waals surface area (Å²) in [7, 11) is 0. The molecule has 0 bridgehead atoms. The van der Waals surface area contributed by atoms with Gasteiger partial charge in [0, 0.05) is 34.8 Å². The van der Waals surface area contributed by atoms with Crippen molar-refractivity contribution >= 4 is 23.5 Å². The van der Waals surface area contributed by atoms with Crippen LogP contribution in [0.4, 0.5) is 0 Å². The Labute approximate surface area is 208 Å². The lowest BCUT2D eigenvalue weighted by Gasteiger charge is -2.20. The first kappa shape index (κ1) is 24.7. The van der Waals surface area contributed by atoms with Crippen LogP contribution in [-0.4, -0.2) is 33.8 Å². The highest BCUT2D eigenvalue weighted by molar-refractivity contribution is 6.31. The molecule has 0 amide bonds. The molecule has 3 aromatic rings. The molecule has 182 valence electrons. The van der Waals surface area contributed by atoms with Crippen LogP contribution < -0.4 is 11.3 Å². The number of benzene rings is 2. The van der Waals surface area contributed by atoms with Gasteiger partial charge in [-0.25, -0.2) is 9.59 Å². The second kappa shape index (κ2) is 10.1. The maximum Gasteiger partial charge on any atom is 0.340 e. The standard InChI is InChI=1S/C27H27ClN2O5/c1-2-35-26(34)22-16-30(23(25(32)33)12-17-6-4-3-5-7-17)24(31)14-21(22)20-13-19(28)9-8-18(20)15-27(29)10-11-27/h3-9,13-14,16,23H,2,10-12,15,29H2,1H3,(H,32,33). The average Bonchev–Trinajstić information content (AvgIpc) is 3.56. The fourth-order valence-electron chi connectivity index (χ4n) is 4.20. The summed E-state index contributed by atoms with van der Waals surface area (Å²) in [6.45, 7) is 1.80. The molecule has 0 radical (unpaired) electrons. The van der Waals surface area contributed by atoms with Crippen LogP contribution >= 0.6 is 11.6 Å². The number of esters is 1. The minimum atomic E-state index is -1.20. The molecule has 1 fully saturated rings. The van der Waals surface area contributed by atoms with Crippen LogP contribution in [0.15, 0.2) is 65.6 Å². The van der Waals surface area contributed by atoms with Crippen molar-refractivity contribution in [3.05, 3.63) is 92.9 Å². The van der Waals surface area contributed by atoms with Crippen LogP contribution in [0.5, 0.6) is 0 Å². The van der Waals surface area contributed by atoms with E-state index in [1.54, 1.807) is 43.3 Å². The van der Waals surface area contributed by atoms with Gasteiger partial charge in [-0.15, -0.1) is 0 Å². The van der Waals surface area contributed by atoms with Crippen LogP contribution in [0, 0.1) is 0 Å². The van der Waals surface area contributed by atoms with Crippen LogP contribution in [-0.2, 0) is 22.4 Å². The van der Waals surface area contributed by atoms with E-state index < -0.39 is 23.5 Å². The lowest BCUT2D eigenvalue weighted by Crippen LogP contribution is -2.32. The van der Waals surface area contributed by atoms with Gasteiger partial charge in [-0.3, -0.25) is 9.36 Å². The van der Waals surface area contributed by atoms with Crippen LogP contribution in [0.3, 0.4) is 0 Å². The molecule has 1 aliphatic rings. The number of carboxylic acids is 1. The molecule has 0 aliphatic heterocycles. The molecule has 1 aliphatic carbocycles. The number of halogens is 1. The van der Waals surface area contributed by atoms with E-state index in [0.717, 1.165) is 28.5 Å². The number of aromatic nitrogens is 1. The number of hydrogen-bond acceptors (Lipinski definition) is 5. The molecule has 8 heteroatoms. The first-order valence-corrected chi connectivity index (χ1v) is 11.9. The number of rotatable bonds is 9. The quantitative estimate of drug-likeness (QED) is 0.430. The molecular formula is C27H27ClN2O5. The van der Waals surface area contributed by atoms with E-state index in [9.17, 15) is 19.5 Å². The first-order valence-electron chi connectivity index (χ1n) is 11.5. The number of carboxylic acid groups (broad SMARTS) is 1. The number of aliphatic carboxylic acids is 1. The Morgan fingerprint density at radius 3 is 2.49 bits per heavy atom. The van der Waals surface area contributed by atoms with Gasteiger partial charge in [-0.1, -0.05) is 48.0 Å². The summed E-state index contributed by atoms with van der Waals surface area (Å²) in [6.07, 6.45) is 3.71. The third kappa shape index (κ3) is 5.63. The van der Waals surface area contributed by atoms with Gasteiger partial charge in [0.2, 0.25) is 0 Å².